The van der Waals surface area contributed by atoms with Gasteiger partial charge in [0.15, 0.2) is 0 Å². The van der Waals surface area contributed by atoms with Crippen LogP contribution in [0.15, 0.2) is 53.9 Å². The highest BCUT2D eigenvalue weighted by molar-refractivity contribution is 7.14. The molecular formula is C28H34N2O4S. The van der Waals surface area contributed by atoms with Gasteiger partial charge >= 0.3 is 5.97 Å². The standard InChI is InChI=1S/C15H15NO2S.C13H19NO2/c1-16-14-13(15(17)18)12(8-19-14)11-7-6-9-4-2-3-5-10(9)11;1-3-12(8-9-16-2)14-13-6-4-11(10-15)5-7-13/h2-5,8,11,16H,6-7H2,1H3,(H,17,18);4-7,10,12,14H,3,8-9H2,1-2H3. The summed E-state index contributed by atoms with van der Waals surface area (Å²) in [5.41, 5.74) is 5.77. The molecule has 0 aliphatic heterocycles. The van der Waals surface area contributed by atoms with Crippen LogP contribution in [-0.2, 0) is 11.2 Å². The van der Waals surface area contributed by atoms with Gasteiger partial charge in [0.05, 0.1) is 5.56 Å². The maximum atomic E-state index is 11.5. The molecule has 3 N–H and O–H groups in total. The van der Waals surface area contributed by atoms with Crippen LogP contribution in [0.4, 0.5) is 10.7 Å². The average molecular weight is 495 g/mol. The zero-order chi connectivity index (χ0) is 25.2. The van der Waals surface area contributed by atoms with Crippen molar-refractivity contribution in [1.82, 2.24) is 0 Å². The molecule has 186 valence electrons. The van der Waals surface area contributed by atoms with E-state index in [1.807, 2.05) is 41.8 Å². The van der Waals surface area contributed by atoms with Crippen molar-refractivity contribution >= 4 is 34.3 Å². The van der Waals surface area contributed by atoms with Crippen LogP contribution >= 0.6 is 11.3 Å². The summed E-state index contributed by atoms with van der Waals surface area (Å²) in [6.45, 7) is 2.91. The largest absolute Gasteiger partial charge is 0.478 e. The van der Waals surface area contributed by atoms with Crippen molar-refractivity contribution in [1.29, 1.82) is 0 Å². The van der Waals surface area contributed by atoms with Gasteiger partial charge in [-0.3, -0.25) is 4.79 Å². The molecule has 3 aromatic rings. The van der Waals surface area contributed by atoms with E-state index >= 15 is 0 Å². The van der Waals surface area contributed by atoms with Gasteiger partial charge in [0, 0.05) is 44.0 Å². The first-order chi connectivity index (χ1) is 17.0. The lowest BCUT2D eigenvalue weighted by molar-refractivity contribution is 0.0697. The molecule has 4 rings (SSSR count). The Labute approximate surface area is 211 Å². The first-order valence-corrected chi connectivity index (χ1v) is 12.8. The molecule has 1 aliphatic carbocycles. The summed E-state index contributed by atoms with van der Waals surface area (Å²) in [7, 11) is 3.48. The van der Waals surface area contributed by atoms with Crippen LogP contribution in [0, 0.1) is 0 Å². The number of carbonyl (C=O) groups excluding carboxylic acids is 1. The van der Waals surface area contributed by atoms with Gasteiger partial charge in [-0.1, -0.05) is 31.2 Å². The normalized spacial score (nSPS) is 14.9. The Hall–Kier alpha value is -3.16. The Balaban J connectivity index is 0.000000199. The lowest BCUT2D eigenvalue weighted by Gasteiger charge is -2.17. The van der Waals surface area contributed by atoms with Crippen molar-refractivity contribution in [2.24, 2.45) is 0 Å². The van der Waals surface area contributed by atoms with Crippen LogP contribution in [0.3, 0.4) is 0 Å². The third-order valence-corrected chi connectivity index (χ3v) is 7.37. The van der Waals surface area contributed by atoms with Crippen LogP contribution in [0.1, 0.15) is 69.5 Å². The second-order valence-corrected chi connectivity index (χ2v) is 9.39. The van der Waals surface area contributed by atoms with Crippen molar-refractivity contribution in [3.8, 4) is 0 Å². The number of aromatic carboxylic acids is 1. The summed E-state index contributed by atoms with van der Waals surface area (Å²) in [5, 5.41) is 18.6. The van der Waals surface area contributed by atoms with Gasteiger partial charge in [-0.05, 0) is 72.0 Å². The average Bonchev–Trinajstić information content (AvgIpc) is 3.51. The van der Waals surface area contributed by atoms with Crippen LogP contribution in [0.25, 0.3) is 0 Å². The lowest BCUT2D eigenvalue weighted by atomic mass is 9.92. The van der Waals surface area contributed by atoms with E-state index in [2.05, 4.69) is 29.7 Å². The predicted octanol–water partition coefficient (Wildman–Crippen LogP) is 6.29. The van der Waals surface area contributed by atoms with E-state index in [0.717, 1.165) is 54.8 Å². The Morgan fingerprint density at radius 3 is 2.57 bits per heavy atom. The van der Waals surface area contributed by atoms with E-state index in [0.29, 0.717) is 17.2 Å². The van der Waals surface area contributed by atoms with Crippen LogP contribution in [0.5, 0.6) is 0 Å². The number of rotatable bonds is 10. The number of anilines is 2. The molecule has 2 aromatic carbocycles. The van der Waals surface area contributed by atoms with Crippen molar-refractivity contribution in [2.75, 3.05) is 31.4 Å². The molecule has 0 saturated heterocycles. The molecule has 0 saturated carbocycles. The van der Waals surface area contributed by atoms with E-state index in [-0.39, 0.29) is 5.92 Å². The van der Waals surface area contributed by atoms with Gasteiger partial charge < -0.3 is 20.5 Å². The number of carboxylic acids is 1. The summed E-state index contributed by atoms with van der Waals surface area (Å²) in [4.78, 5) is 22.0. The van der Waals surface area contributed by atoms with E-state index in [9.17, 15) is 14.7 Å². The Morgan fingerprint density at radius 2 is 1.94 bits per heavy atom. The van der Waals surface area contributed by atoms with Gasteiger partial charge in [0.25, 0.3) is 0 Å². The minimum absolute atomic E-state index is 0.223. The number of nitrogens with one attached hydrogen (secondary N) is 2. The first kappa shape index (κ1) is 26.4. The number of hydrogen-bond acceptors (Lipinski definition) is 6. The molecule has 2 atom stereocenters. The fraction of sp³-hybridized carbons (Fsp3) is 0.357. The summed E-state index contributed by atoms with van der Waals surface area (Å²) in [5.74, 6) is -0.620. The first-order valence-electron chi connectivity index (χ1n) is 11.9. The molecule has 0 amide bonds. The number of aldehydes is 1. The zero-order valence-corrected chi connectivity index (χ0v) is 21.4. The van der Waals surface area contributed by atoms with Gasteiger partial charge in [0.2, 0.25) is 0 Å². The maximum absolute atomic E-state index is 11.5. The second-order valence-electron chi connectivity index (χ2n) is 8.51. The summed E-state index contributed by atoms with van der Waals surface area (Å²) < 4.78 is 5.06. The highest BCUT2D eigenvalue weighted by Crippen LogP contribution is 2.43. The Bertz CT molecular complexity index is 1110. The fourth-order valence-electron chi connectivity index (χ4n) is 4.44. The van der Waals surface area contributed by atoms with Gasteiger partial charge in [-0.15, -0.1) is 11.3 Å². The SMILES string of the molecule is CCC(CCOC)Nc1ccc(C=O)cc1.CNc1scc(C2CCc3ccccc32)c1C(=O)O. The van der Waals surface area contributed by atoms with E-state index in [4.69, 9.17) is 4.74 Å². The highest BCUT2D eigenvalue weighted by atomic mass is 32.1. The summed E-state index contributed by atoms with van der Waals surface area (Å²) in [6, 6.07) is 16.3. The second kappa shape index (κ2) is 13.1. The molecule has 6 nitrogen and oxygen atoms in total. The van der Waals surface area contributed by atoms with E-state index in [1.165, 1.54) is 22.5 Å². The van der Waals surface area contributed by atoms with Gasteiger partial charge in [-0.2, -0.15) is 0 Å². The molecule has 35 heavy (non-hydrogen) atoms. The monoisotopic (exact) mass is 494 g/mol. The fourth-order valence-corrected chi connectivity index (χ4v) is 5.41. The number of benzene rings is 2. The van der Waals surface area contributed by atoms with Crippen molar-refractivity contribution < 1.29 is 19.4 Å². The number of aryl methyl sites for hydroxylation is 1. The lowest BCUT2D eigenvalue weighted by Crippen LogP contribution is -2.20. The summed E-state index contributed by atoms with van der Waals surface area (Å²) >= 11 is 1.47. The topological polar surface area (TPSA) is 87.7 Å². The molecule has 2 unspecified atom stereocenters. The van der Waals surface area contributed by atoms with Gasteiger partial charge in [-0.25, -0.2) is 4.79 Å². The molecule has 0 radical (unpaired) electrons. The van der Waals surface area contributed by atoms with Crippen LogP contribution in [0.2, 0.25) is 0 Å². The molecule has 7 heteroatoms. The number of hydrogen-bond donors (Lipinski definition) is 3. The van der Waals surface area contributed by atoms with Gasteiger partial charge in [0.1, 0.15) is 11.3 Å². The van der Waals surface area contributed by atoms with E-state index in [1.54, 1.807) is 14.2 Å². The number of methoxy groups -OCH3 is 1. The number of fused-ring (bicyclic) bond motifs is 1. The van der Waals surface area contributed by atoms with Crippen LogP contribution in [-0.4, -0.2) is 44.2 Å². The van der Waals surface area contributed by atoms with E-state index < -0.39 is 5.97 Å². The molecule has 0 fully saturated rings. The summed E-state index contributed by atoms with van der Waals surface area (Å²) in [6.07, 6.45) is 4.93. The van der Waals surface area contributed by atoms with Crippen molar-refractivity contribution in [2.45, 2.75) is 44.6 Å². The molecule has 1 heterocycles. The molecule has 0 bridgehead atoms. The maximum Gasteiger partial charge on any atom is 0.339 e. The Morgan fingerprint density at radius 1 is 1.20 bits per heavy atom. The third kappa shape index (κ3) is 6.71. The highest BCUT2D eigenvalue weighted by Gasteiger charge is 2.29. The van der Waals surface area contributed by atoms with Crippen LogP contribution < -0.4 is 10.6 Å². The molecule has 0 spiro atoms. The Kier molecular flexibility index (Phi) is 9.87. The number of carbonyl (C=O) groups is 2. The number of carboxylic acid groups (broad SMARTS) is 1. The van der Waals surface area contributed by atoms with Crippen molar-refractivity contribution in [3.05, 3.63) is 81.7 Å². The zero-order valence-electron chi connectivity index (χ0n) is 20.5. The number of thiophene rings is 1. The molecule has 1 aliphatic rings. The quantitative estimate of drug-likeness (QED) is 0.287. The molecule has 1 aromatic heterocycles. The minimum Gasteiger partial charge on any atom is -0.478 e. The van der Waals surface area contributed by atoms with Crippen molar-refractivity contribution in [3.63, 3.8) is 0 Å². The smallest absolute Gasteiger partial charge is 0.339 e. The third-order valence-electron chi connectivity index (χ3n) is 6.35. The number of ether oxygens (including phenoxy) is 1. The predicted molar refractivity (Wildman–Crippen MR) is 143 cm³/mol. The minimum atomic E-state index is -0.843. The molecular weight excluding hydrogens is 460 g/mol.